The van der Waals surface area contributed by atoms with Gasteiger partial charge in [-0.3, -0.25) is 5.32 Å². The van der Waals surface area contributed by atoms with E-state index in [4.69, 9.17) is 9.15 Å². The third-order valence-corrected chi connectivity index (χ3v) is 6.02. The molecule has 1 atom stereocenters. The lowest BCUT2D eigenvalue weighted by atomic mass is 10.2. The summed E-state index contributed by atoms with van der Waals surface area (Å²) in [5.41, 5.74) is 1.44. The molecule has 0 bridgehead atoms. The Morgan fingerprint density at radius 1 is 1.06 bits per heavy atom. The van der Waals surface area contributed by atoms with Gasteiger partial charge in [0.15, 0.2) is 0 Å². The number of hydrogen-bond acceptors (Lipinski definition) is 7. The average Bonchev–Trinajstić information content (AvgIpc) is 3.14. The minimum atomic E-state index is -0.708. The number of aromatic nitrogens is 1. The van der Waals surface area contributed by atoms with Gasteiger partial charge in [-0.05, 0) is 31.5 Å². The second-order valence-electron chi connectivity index (χ2n) is 7.45. The maximum atomic E-state index is 12.6. The van der Waals surface area contributed by atoms with Crippen LogP contribution in [0, 0.1) is 6.92 Å². The van der Waals surface area contributed by atoms with E-state index in [1.807, 2.05) is 48.5 Å². The number of para-hydroxylation sites is 1. The minimum absolute atomic E-state index is 0.0377. The number of benzene rings is 2. The first-order chi connectivity index (χ1) is 16.4. The van der Waals surface area contributed by atoms with Crippen molar-refractivity contribution in [3.63, 3.8) is 0 Å². The van der Waals surface area contributed by atoms with Crippen molar-refractivity contribution in [2.45, 2.75) is 26.5 Å². The van der Waals surface area contributed by atoms with Gasteiger partial charge in [0, 0.05) is 11.3 Å². The summed E-state index contributed by atoms with van der Waals surface area (Å²) < 4.78 is 10.6. The summed E-state index contributed by atoms with van der Waals surface area (Å²) in [5.74, 6) is 0.0377. The SMILES string of the molecule is Cc1c(NC(=O)Nc2ccccc2)sc2nc(C(C)NC(=O)OCc3ccccc3)oc(=O)c12. The number of ether oxygens (including phenoxy) is 1. The van der Waals surface area contributed by atoms with Crippen molar-refractivity contribution < 1.29 is 18.7 Å². The molecule has 3 amide bonds. The Morgan fingerprint density at radius 2 is 1.74 bits per heavy atom. The number of fused-ring (bicyclic) bond motifs is 1. The van der Waals surface area contributed by atoms with E-state index in [0.29, 0.717) is 21.1 Å². The zero-order valence-corrected chi connectivity index (χ0v) is 19.3. The largest absolute Gasteiger partial charge is 0.445 e. The molecular formula is C24H22N4O5S. The average molecular weight is 479 g/mol. The molecule has 0 aliphatic rings. The van der Waals surface area contributed by atoms with Crippen molar-refractivity contribution in [3.05, 3.63) is 88.1 Å². The molecule has 34 heavy (non-hydrogen) atoms. The number of anilines is 2. The third-order valence-electron chi connectivity index (χ3n) is 4.92. The molecule has 1 unspecified atom stereocenters. The van der Waals surface area contributed by atoms with Crippen molar-refractivity contribution in [1.82, 2.24) is 10.3 Å². The van der Waals surface area contributed by atoms with Crippen LogP contribution in [0.1, 0.15) is 30.0 Å². The Bertz CT molecular complexity index is 1370. The number of alkyl carbamates (subject to hydrolysis) is 1. The highest BCUT2D eigenvalue weighted by Gasteiger charge is 2.21. The minimum Gasteiger partial charge on any atom is -0.445 e. The molecule has 2 heterocycles. The molecule has 0 aliphatic carbocycles. The van der Waals surface area contributed by atoms with E-state index in [1.54, 1.807) is 26.0 Å². The van der Waals surface area contributed by atoms with Gasteiger partial charge in [-0.2, -0.15) is 0 Å². The molecular weight excluding hydrogens is 456 g/mol. The first-order valence-electron chi connectivity index (χ1n) is 10.4. The summed E-state index contributed by atoms with van der Waals surface area (Å²) in [6.07, 6.45) is -0.664. The second-order valence-corrected chi connectivity index (χ2v) is 8.45. The Labute approximate surface area is 198 Å². The number of carbonyl (C=O) groups excluding carboxylic acids is 2. The summed E-state index contributed by atoms with van der Waals surface area (Å²) in [6, 6.07) is 17.1. The van der Waals surface area contributed by atoms with Gasteiger partial charge in [-0.25, -0.2) is 19.4 Å². The standard InChI is InChI=1S/C24H22N4O5S/c1-14-18-21(34-20(14)28-23(30)26-17-11-7-4-8-12-17)27-19(33-22(18)29)15(2)25-24(31)32-13-16-9-5-3-6-10-16/h3-12,15H,13H2,1-2H3,(H,25,31)(H2,26,28,30). The number of nitrogens with one attached hydrogen (secondary N) is 3. The lowest BCUT2D eigenvalue weighted by Crippen LogP contribution is -2.28. The van der Waals surface area contributed by atoms with Gasteiger partial charge >= 0.3 is 17.7 Å². The van der Waals surface area contributed by atoms with Crippen molar-refractivity contribution in [2.24, 2.45) is 0 Å². The van der Waals surface area contributed by atoms with Crippen LogP contribution in [0.5, 0.6) is 0 Å². The molecule has 4 aromatic rings. The Morgan fingerprint density at radius 3 is 2.44 bits per heavy atom. The number of aryl methyl sites for hydroxylation is 1. The molecule has 4 rings (SSSR count). The van der Waals surface area contributed by atoms with Crippen LogP contribution in [0.3, 0.4) is 0 Å². The number of nitrogens with zero attached hydrogens (tertiary/aromatic N) is 1. The lowest BCUT2D eigenvalue weighted by molar-refractivity contribution is 0.134. The highest BCUT2D eigenvalue weighted by molar-refractivity contribution is 7.22. The predicted octanol–water partition coefficient (Wildman–Crippen LogP) is 5.19. The highest BCUT2D eigenvalue weighted by Crippen LogP contribution is 2.32. The normalized spacial score (nSPS) is 11.6. The summed E-state index contributed by atoms with van der Waals surface area (Å²) >= 11 is 1.15. The molecule has 0 fully saturated rings. The van der Waals surface area contributed by atoms with E-state index < -0.39 is 23.8 Å². The predicted molar refractivity (Wildman–Crippen MR) is 130 cm³/mol. The fraction of sp³-hybridized carbons (Fsp3) is 0.167. The summed E-state index contributed by atoms with van der Waals surface area (Å²) in [5, 5.41) is 8.83. The summed E-state index contributed by atoms with van der Waals surface area (Å²) in [4.78, 5) is 41.9. The zero-order chi connectivity index (χ0) is 24.1. The van der Waals surface area contributed by atoms with E-state index in [-0.39, 0.29) is 17.9 Å². The molecule has 0 spiro atoms. The lowest BCUT2D eigenvalue weighted by Gasteiger charge is -2.12. The van der Waals surface area contributed by atoms with Gasteiger partial charge in [0.05, 0.1) is 0 Å². The Balaban J connectivity index is 1.45. The molecule has 0 aliphatic heterocycles. The maximum Gasteiger partial charge on any atom is 0.408 e. The molecule has 3 N–H and O–H groups in total. The molecule has 0 saturated carbocycles. The number of hydrogen-bond donors (Lipinski definition) is 3. The number of urea groups is 1. The van der Waals surface area contributed by atoms with Gasteiger partial charge in [0.25, 0.3) is 0 Å². The third kappa shape index (κ3) is 5.41. The van der Waals surface area contributed by atoms with E-state index >= 15 is 0 Å². The van der Waals surface area contributed by atoms with Gasteiger partial charge in [-0.1, -0.05) is 59.9 Å². The number of thiophene rings is 1. The first kappa shape index (κ1) is 23.0. The van der Waals surface area contributed by atoms with Crippen molar-refractivity contribution in [1.29, 1.82) is 0 Å². The molecule has 10 heteroatoms. The number of amides is 3. The number of carbonyl (C=O) groups is 2. The first-order valence-corrected chi connectivity index (χ1v) is 11.3. The van der Waals surface area contributed by atoms with E-state index in [1.165, 1.54) is 0 Å². The van der Waals surface area contributed by atoms with E-state index in [2.05, 4.69) is 20.9 Å². The Hall–Kier alpha value is -4.18. The maximum absolute atomic E-state index is 12.6. The fourth-order valence-electron chi connectivity index (χ4n) is 3.18. The van der Waals surface area contributed by atoms with Gasteiger partial charge in [-0.15, -0.1) is 0 Å². The monoisotopic (exact) mass is 478 g/mol. The smallest absolute Gasteiger partial charge is 0.408 e. The molecule has 0 radical (unpaired) electrons. The van der Waals surface area contributed by atoms with E-state index in [9.17, 15) is 14.4 Å². The van der Waals surface area contributed by atoms with Crippen molar-refractivity contribution in [3.8, 4) is 0 Å². The molecule has 9 nitrogen and oxygen atoms in total. The van der Waals surface area contributed by atoms with Crippen LogP contribution in [0.4, 0.5) is 20.3 Å². The van der Waals surface area contributed by atoms with Crippen LogP contribution >= 0.6 is 11.3 Å². The highest BCUT2D eigenvalue weighted by atomic mass is 32.1. The zero-order valence-electron chi connectivity index (χ0n) is 18.5. The van der Waals surface area contributed by atoms with Crippen LogP contribution in [0.2, 0.25) is 0 Å². The quantitative estimate of drug-likeness (QED) is 0.351. The van der Waals surface area contributed by atoms with Crippen LogP contribution in [-0.2, 0) is 11.3 Å². The van der Waals surface area contributed by atoms with Crippen LogP contribution in [-0.4, -0.2) is 17.1 Å². The second kappa shape index (κ2) is 10.2. The topological polar surface area (TPSA) is 123 Å². The summed E-state index contributed by atoms with van der Waals surface area (Å²) in [6.45, 7) is 3.45. The van der Waals surface area contributed by atoms with Crippen LogP contribution < -0.4 is 21.6 Å². The van der Waals surface area contributed by atoms with Crippen LogP contribution in [0.15, 0.2) is 69.9 Å². The van der Waals surface area contributed by atoms with Gasteiger partial charge in [0.1, 0.15) is 27.9 Å². The molecule has 0 saturated heterocycles. The van der Waals surface area contributed by atoms with Crippen molar-refractivity contribution in [2.75, 3.05) is 10.6 Å². The Kier molecular flexibility index (Phi) is 6.88. The molecule has 174 valence electrons. The fourth-order valence-corrected chi connectivity index (χ4v) is 4.25. The van der Waals surface area contributed by atoms with E-state index in [0.717, 1.165) is 16.9 Å². The summed E-state index contributed by atoms with van der Waals surface area (Å²) in [7, 11) is 0. The molecule has 2 aromatic heterocycles. The number of rotatable bonds is 6. The van der Waals surface area contributed by atoms with Crippen LogP contribution in [0.25, 0.3) is 10.2 Å². The van der Waals surface area contributed by atoms with Gasteiger partial charge < -0.3 is 19.8 Å². The molecule has 2 aromatic carbocycles. The van der Waals surface area contributed by atoms with Gasteiger partial charge in [0.2, 0.25) is 5.89 Å². The van der Waals surface area contributed by atoms with Crippen molar-refractivity contribution >= 4 is 44.4 Å².